The van der Waals surface area contributed by atoms with Crippen LogP contribution in [0.1, 0.15) is 17.0 Å². The highest BCUT2D eigenvalue weighted by Gasteiger charge is 2.30. The van der Waals surface area contributed by atoms with Gasteiger partial charge in [0.05, 0.1) is 37.2 Å². The molecule has 30 heavy (non-hydrogen) atoms. The number of H-pyrrole nitrogens is 1. The van der Waals surface area contributed by atoms with Crippen LogP contribution in [0.15, 0.2) is 24.4 Å². The maximum atomic E-state index is 13.7. The minimum atomic E-state index is -0.760. The molecule has 1 aliphatic rings. The molecule has 4 rings (SSSR count). The first kappa shape index (κ1) is 20.1. The fourth-order valence-corrected chi connectivity index (χ4v) is 3.71. The Bertz CT molecular complexity index is 1120. The van der Waals surface area contributed by atoms with Crippen LogP contribution in [-0.2, 0) is 27.8 Å². The number of aromatic amines is 1. The number of rotatable bonds is 4. The van der Waals surface area contributed by atoms with E-state index in [1.54, 1.807) is 28.9 Å². The highest BCUT2D eigenvalue weighted by Crippen LogP contribution is 2.24. The summed E-state index contributed by atoms with van der Waals surface area (Å²) in [7, 11) is 1.79. The van der Waals surface area contributed by atoms with Crippen LogP contribution in [0.4, 0.5) is 10.1 Å². The van der Waals surface area contributed by atoms with Crippen LogP contribution in [-0.4, -0.2) is 57.3 Å². The molecule has 3 aromatic rings. The lowest BCUT2D eigenvalue weighted by atomic mass is 10.1. The van der Waals surface area contributed by atoms with E-state index in [9.17, 15) is 14.0 Å². The van der Waals surface area contributed by atoms with E-state index >= 15 is 0 Å². The minimum Gasteiger partial charge on any atom is -0.365 e. The third-order valence-electron chi connectivity index (χ3n) is 5.61. The van der Waals surface area contributed by atoms with Gasteiger partial charge in [-0.25, -0.2) is 4.39 Å². The van der Waals surface area contributed by atoms with Crippen molar-refractivity contribution in [3.05, 3.63) is 47.2 Å². The Morgan fingerprint density at radius 1 is 1.37 bits per heavy atom. The van der Waals surface area contributed by atoms with Gasteiger partial charge >= 0.3 is 0 Å². The SMILES string of the molecule is Cc1[nH]c2ccc(F)cc2c1CC(=O)N1CCOC(C(=O)Nc2cnn(C)c2C)C1. The van der Waals surface area contributed by atoms with Gasteiger partial charge in [0.2, 0.25) is 5.91 Å². The normalized spacial score (nSPS) is 16.8. The van der Waals surface area contributed by atoms with Crippen LogP contribution in [0.5, 0.6) is 0 Å². The molecule has 0 spiro atoms. The summed E-state index contributed by atoms with van der Waals surface area (Å²) in [6.45, 7) is 4.57. The van der Waals surface area contributed by atoms with E-state index in [-0.39, 0.29) is 37.2 Å². The summed E-state index contributed by atoms with van der Waals surface area (Å²) in [5.41, 5.74) is 3.84. The summed E-state index contributed by atoms with van der Waals surface area (Å²) in [6, 6.07) is 4.49. The third-order valence-corrected chi connectivity index (χ3v) is 5.61. The fraction of sp³-hybridized carbons (Fsp3) is 0.381. The number of benzene rings is 1. The van der Waals surface area contributed by atoms with Crippen LogP contribution in [0.2, 0.25) is 0 Å². The first-order chi connectivity index (χ1) is 14.3. The van der Waals surface area contributed by atoms with Crippen LogP contribution in [0.25, 0.3) is 10.9 Å². The van der Waals surface area contributed by atoms with Gasteiger partial charge < -0.3 is 19.9 Å². The second-order valence-corrected chi connectivity index (χ2v) is 7.55. The van der Waals surface area contributed by atoms with E-state index in [0.29, 0.717) is 17.6 Å². The monoisotopic (exact) mass is 413 g/mol. The Morgan fingerprint density at radius 3 is 2.90 bits per heavy atom. The molecule has 9 heteroatoms. The van der Waals surface area contributed by atoms with E-state index in [1.165, 1.54) is 12.1 Å². The molecule has 3 heterocycles. The second-order valence-electron chi connectivity index (χ2n) is 7.55. The molecule has 2 amide bonds. The molecule has 8 nitrogen and oxygen atoms in total. The second kappa shape index (κ2) is 7.91. The van der Waals surface area contributed by atoms with Crippen molar-refractivity contribution >= 4 is 28.4 Å². The molecule has 2 aromatic heterocycles. The number of carbonyl (C=O) groups is 2. The Labute approximate surface area is 173 Å². The van der Waals surface area contributed by atoms with E-state index in [0.717, 1.165) is 22.5 Å². The average Bonchev–Trinajstić information content (AvgIpc) is 3.21. The first-order valence-electron chi connectivity index (χ1n) is 9.79. The van der Waals surface area contributed by atoms with Gasteiger partial charge in [0.25, 0.3) is 5.91 Å². The predicted molar refractivity (Wildman–Crippen MR) is 110 cm³/mol. The number of nitrogens with zero attached hydrogens (tertiary/aromatic N) is 3. The van der Waals surface area contributed by atoms with E-state index in [1.807, 2.05) is 13.8 Å². The molecule has 1 unspecified atom stereocenters. The summed E-state index contributed by atoms with van der Waals surface area (Å²) in [4.78, 5) is 30.4. The average molecular weight is 413 g/mol. The van der Waals surface area contributed by atoms with Gasteiger partial charge in [-0.15, -0.1) is 0 Å². The van der Waals surface area contributed by atoms with E-state index in [2.05, 4.69) is 15.4 Å². The van der Waals surface area contributed by atoms with Crippen molar-refractivity contribution in [1.29, 1.82) is 0 Å². The van der Waals surface area contributed by atoms with Gasteiger partial charge in [-0.1, -0.05) is 0 Å². The van der Waals surface area contributed by atoms with Crippen molar-refractivity contribution in [2.75, 3.05) is 25.0 Å². The largest absolute Gasteiger partial charge is 0.365 e. The third kappa shape index (κ3) is 3.80. The van der Waals surface area contributed by atoms with E-state index in [4.69, 9.17) is 4.74 Å². The lowest BCUT2D eigenvalue weighted by molar-refractivity contribution is -0.144. The number of anilines is 1. The van der Waals surface area contributed by atoms with Crippen molar-refractivity contribution in [3.63, 3.8) is 0 Å². The zero-order valence-corrected chi connectivity index (χ0v) is 17.2. The highest BCUT2D eigenvalue weighted by molar-refractivity contribution is 5.95. The van der Waals surface area contributed by atoms with E-state index < -0.39 is 6.10 Å². The zero-order chi connectivity index (χ0) is 21.4. The van der Waals surface area contributed by atoms with Gasteiger partial charge in [-0.3, -0.25) is 14.3 Å². The molecule has 2 N–H and O–H groups in total. The number of nitrogens with one attached hydrogen (secondary N) is 2. The van der Waals surface area contributed by atoms with Gasteiger partial charge in [-0.2, -0.15) is 5.10 Å². The maximum absolute atomic E-state index is 13.7. The number of halogens is 1. The molecule has 158 valence electrons. The fourth-order valence-electron chi connectivity index (χ4n) is 3.71. The Morgan fingerprint density at radius 2 is 2.17 bits per heavy atom. The zero-order valence-electron chi connectivity index (χ0n) is 17.2. The standard InChI is InChI=1S/C21H24FN5O3/c1-12-15(16-8-14(22)4-5-17(16)24-12)9-20(28)27-6-7-30-19(11-27)21(29)25-18-10-23-26(3)13(18)2/h4-5,8,10,19,24H,6-7,9,11H2,1-3H3,(H,25,29). The predicted octanol–water partition coefficient (Wildman–Crippen LogP) is 2.07. The molecule has 1 aliphatic heterocycles. The first-order valence-corrected chi connectivity index (χ1v) is 9.79. The lowest BCUT2D eigenvalue weighted by Crippen LogP contribution is -2.50. The number of carbonyl (C=O) groups excluding carboxylic acids is 2. The Hall–Kier alpha value is -3.20. The summed E-state index contributed by atoms with van der Waals surface area (Å²) in [5, 5.41) is 7.62. The topological polar surface area (TPSA) is 92.2 Å². The summed E-state index contributed by atoms with van der Waals surface area (Å²) >= 11 is 0. The molecule has 1 fully saturated rings. The number of aryl methyl sites for hydroxylation is 2. The van der Waals surface area contributed by atoms with Gasteiger partial charge in [0.1, 0.15) is 5.82 Å². The highest BCUT2D eigenvalue weighted by atomic mass is 19.1. The number of aromatic nitrogens is 3. The summed E-state index contributed by atoms with van der Waals surface area (Å²) in [5.74, 6) is -0.778. The van der Waals surface area contributed by atoms with Crippen molar-refractivity contribution < 1.29 is 18.7 Å². The minimum absolute atomic E-state index is 0.123. The molecule has 1 saturated heterocycles. The number of ether oxygens (including phenoxy) is 1. The van der Waals surface area contributed by atoms with Crippen LogP contribution in [0, 0.1) is 19.7 Å². The number of amides is 2. The number of fused-ring (bicyclic) bond motifs is 1. The Kier molecular flexibility index (Phi) is 5.29. The van der Waals surface area contributed by atoms with Crippen molar-refractivity contribution in [3.8, 4) is 0 Å². The van der Waals surface area contributed by atoms with Gasteiger partial charge in [0, 0.05) is 30.2 Å². The molecule has 0 radical (unpaired) electrons. The van der Waals surface area contributed by atoms with Crippen molar-refractivity contribution in [1.82, 2.24) is 19.7 Å². The van der Waals surface area contributed by atoms with Crippen LogP contribution in [0.3, 0.4) is 0 Å². The van der Waals surface area contributed by atoms with Crippen LogP contribution < -0.4 is 5.32 Å². The Balaban J connectivity index is 1.45. The van der Waals surface area contributed by atoms with Gasteiger partial charge in [-0.05, 0) is 37.6 Å². The number of hydrogen-bond acceptors (Lipinski definition) is 4. The number of morpholine rings is 1. The molecule has 1 aromatic carbocycles. The molecule has 1 atom stereocenters. The molecule has 0 aliphatic carbocycles. The molecular formula is C21H24FN5O3. The quantitative estimate of drug-likeness (QED) is 0.685. The van der Waals surface area contributed by atoms with Crippen molar-refractivity contribution in [2.45, 2.75) is 26.4 Å². The molecular weight excluding hydrogens is 389 g/mol. The lowest BCUT2D eigenvalue weighted by Gasteiger charge is -2.32. The molecule has 0 saturated carbocycles. The van der Waals surface area contributed by atoms with Gasteiger partial charge in [0.15, 0.2) is 6.10 Å². The number of hydrogen-bond donors (Lipinski definition) is 2. The van der Waals surface area contributed by atoms with Crippen LogP contribution >= 0.6 is 0 Å². The summed E-state index contributed by atoms with van der Waals surface area (Å²) in [6.07, 6.45) is 0.951. The smallest absolute Gasteiger partial charge is 0.255 e. The van der Waals surface area contributed by atoms with Crippen molar-refractivity contribution in [2.24, 2.45) is 7.05 Å². The summed E-state index contributed by atoms with van der Waals surface area (Å²) < 4.78 is 21.0. The molecule has 0 bridgehead atoms. The maximum Gasteiger partial charge on any atom is 0.255 e.